The number of allylic oxidation sites excluding steroid dienone is 2. The fourth-order valence-electron chi connectivity index (χ4n) is 0.847. The number of rotatable bonds is 6. The molecule has 0 bridgehead atoms. The van der Waals surface area contributed by atoms with Crippen molar-refractivity contribution in [2.24, 2.45) is 0 Å². The second kappa shape index (κ2) is 8.74. The van der Waals surface area contributed by atoms with Crippen LogP contribution in [-0.2, 0) is 0 Å². The molecular formula is C10H19. The lowest BCUT2D eigenvalue weighted by atomic mass is 10.1. The lowest BCUT2D eigenvalue weighted by molar-refractivity contribution is 0.820. The van der Waals surface area contributed by atoms with Gasteiger partial charge in [-0.25, -0.2) is 0 Å². The minimum absolute atomic E-state index is 1.17. The van der Waals surface area contributed by atoms with E-state index in [1.54, 1.807) is 0 Å². The van der Waals surface area contributed by atoms with Gasteiger partial charge in [-0.15, -0.1) is 0 Å². The second-order valence-corrected chi connectivity index (χ2v) is 2.53. The maximum atomic E-state index is 2.38. The first-order chi connectivity index (χ1) is 4.91. The third-order valence-corrected chi connectivity index (χ3v) is 1.43. The molecule has 10 heavy (non-hydrogen) atoms. The molecule has 0 aromatic heterocycles. The summed E-state index contributed by atoms with van der Waals surface area (Å²) < 4.78 is 0. The van der Waals surface area contributed by atoms with Gasteiger partial charge in [0, 0.05) is 0 Å². The first kappa shape index (κ1) is 9.74. The SMILES string of the molecule is CC/C=C/CC[CH]CCC. The average Bonchev–Trinajstić information content (AvgIpc) is 1.97. The predicted octanol–water partition coefficient (Wildman–Crippen LogP) is 3.74. The Labute approximate surface area is 65.3 Å². The van der Waals surface area contributed by atoms with E-state index in [0.717, 1.165) is 0 Å². The standard InChI is InChI=1S/C10H19/c1-3-5-7-9-10-8-6-4-2/h5,7-8H,3-4,6,9-10H2,1-2H3/b7-5+. The van der Waals surface area contributed by atoms with E-state index in [2.05, 4.69) is 32.4 Å². The van der Waals surface area contributed by atoms with Crippen LogP contribution in [0.1, 0.15) is 46.0 Å². The molecule has 0 spiro atoms. The zero-order valence-corrected chi connectivity index (χ0v) is 7.27. The van der Waals surface area contributed by atoms with Gasteiger partial charge in [-0.3, -0.25) is 0 Å². The molecule has 0 aliphatic heterocycles. The van der Waals surface area contributed by atoms with Gasteiger partial charge in [0.05, 0.1) is 0 Å². The number of unbranched alkanes of at least 4 members (excludes halogenated alkanes) is 4. The molecule has 0 fully saturated rings. The molecule has 0 heterocycles. The maximum absolute atomic E-state index is 2.38. The van der Waals surface area contributed by atoms with Crippen LogP contribution in [0.5, 0.6) is 0 Å². The first-order valence-electron chi connectivity index (χ1n) is 4.38. The average molecular weight is 139 g/mol. The van der Waals surface area contributed by atoms with Crippen LogP contribution in [0.25, 0.3) is 0 Å². The van der Waals surface area contributed by atoms with E-state index in [0.29, 0.717) is 0 Å². The van der Waals surface area contributed by atoms with Gasteiger partial charge in [-0.1, -0.05) is 38.8 Å². The lowest BCUT2D eigenvalue weighted by Crippen LogP contribution is -1.74. The molecule has 0 amide bonds. The summed E-state index contributed by atoms with van der Waals surface area (Å²) in [7, 11) is 0. The van der Waals surface area contributed by atoms with Crippen LogP contribution in [0.15, 0.2) is 12.2 Å². The van der Waals surface area contributed by atoms with E-state index >= 15 is 0 Å². The highest BCUT2D eigenvalue weighted by molar-refractivity contribution is 4.82. The van der Waals surface area contributed by atoms with Gasteiger partial charge < -0.3 is 0 Å². The van der Waals surface area contributed by atoms with E-state index in [9.17, 15) is 0 Å². The van der Waals surface area contributed by atoms with E-state index in [1.807, 2.05) is 0 Å². The summed E-state index contributed by atoms with van der Waals surface area (Å²) in [6, 6.07) is 0. The van der Waals surface area contributed by atoms with Gasteiger partial charge in [0.25, 0.3) is 0 Å². The Balaban J connectivity index is 2.83. The molecule has 0 saturated carbocycles. The monoisotopic (exact) mass is 139 g/mol. The molecule has 59 valence electrons. The molecule has 0 heteroatoms. The third kappa shape index (κ3) is 7.74. The van der Waals surface area contributed by atoms with E-state index in [1.165, 1.54) is 32.1 Å². The Morgan fingerprint density at radius 3 is 2.30 bits per heavy atom. The fourth-order valence-corrected chi connectivity index (χ4v) is 0.847. The van der Waals surface area contributed by atoms with Crippen LogP contribution in [0.4, 0.5) is 0 Å². The summed E-state index contributed by atoms with van der Waals surface area (Å²) >= 11 is 0. The molecule has 0 nitrogen and oxygen atoms in total. The largest absolute Gasteiger partial charge is 0.0888 e. The van der Waals surface area contributed by atoms with Gasteiger partial charge in [0.15, 0.2) is 0 Å². The van der Waals surface area contributed by atoms with Crippen LogP contribution in [-0.4, -0.2) is 0 Å². The van der Waals surface area contributed by atoms with Crippen molar-refractivity contribution in [1.29, 1.82) is 0 Å². The van der Waals surface area contributed by atoms with Crippen LogP contribution in [0.2, 0.25) is 0 Å². The summed E-state index contributed by atoms with van der Waals surface area (Å²) in [4.78, 5) is 0. The van der Waals surface area contributed by atoms with Crippen molar-refractivity contribution in [3.63, 3.8) is 0 Å². The minimum Gasteiger partial charge on any atom is -0.0888 e. The fraction of sp³-hybridized carbons (Fsp3) is 0.700. The maximum Gasteiger partial charge on any atom is -0.0348 e. The Bertz CT molecular complexity index is 72.1. The zero-order chi connectivity index (χ0) is 7.66. The lowest BCUT2D eigenvalue weighted by Gasteiger charge is -1.92. The van der Waals surface area contributed by atoms with Crippen molar-refractivity contribution in [1.82, 2.24) is 0 Å². The smallest absolute Gasteiger partial charge is 0.0348 e. The molecule has 0 atom stereocenters. The Hall–Kier alpha value is -0.260. The van der Waals surface area contributed by atoms with Gasteiger partial charge >= 0.3 is 0 Å². The van der Waals surface area contributed by atoms with Crippen molar-refractivity contribution in [2.75, 3.05) is 0 Å². The summed E-state index contributed by atoms with van der Waals surface area (Å²) in [5.74, 6) is 0. The van der Waals surface area contributed by atoms with Crippen molar-refractivity contribution in [3.8, 4) is 0 Å². The van der Waals surface area contributed by atoms with E-state index in [-0.39, 0.29) is 0 Å². The van der Waals surface area contributed by atoms with Crippen molar-refractivity contribution in [3.05, 3.63) is 18.6 Å². The van der Waals surface area contributed by atoms with Crippen LogP contribution >= 0.6 is 0 Å². The minimum atomic E-state index is 1.17. The highest BCUT2D eigenvalue weighted by Crippen LogP contribution is 2.01. The molecule has 0 aliphatic carbocycles. The highest BCUT2D eigenvalue weighted by Gasteiger charge is 1.83. The van der Waals surface area contributed by atoms with Gasteiger partial charge in [-0.2, -0.15) is 0 Å². The van der Waals surface area contributed by atoms with Gasteiger partial charge in [0.1, 0.15) is 0 Å². The van der Waals surface area contributed by atoms with Crippen LogP contribution in [0, 0.1) is 6.42 Å². The van der Waals surface area contributed by atoms with Crippen molar-refractivity contribution < 1.29 is 0 Å². The first-order valence-corrected chi connectivity index (χ1v) is 4.38. The molecule has 0 aromatic rings. The van der Waals surface area contributed by atoms with Crippen LogP contribution in [0.3, 0.4) is 0 Å². The molecule has 0 aromatic carbocycles. The number of hydrogen-bond donors (Lipinski definition) is 0. The van der Waals surface area contributed by atoms with Crippen LogP contribution < -0.4 is 0 Å². The topological polar surface area (TPSA) is 0 Å². The molecule has 0 unspecified atom stereocenters. The highest BCUT2D eigenvalue weighted by atomic mass is 13.9. The Kier molecular flexibility index (Phi) is 8.51. The molecule has 0 rings (SSSR count). The van der Waals surface area contributed by atoms with E-state index in [4.69, 9.17) is 0 Å². The van der Waals surface area contributed by atoms with Gasteiger partial charge in [0.2, 0.25) is 0 Å². The summed E-state index contributed by atoms with van der Waals surface area (Å²) in [5, 5.41) is 0. The molecule has 0 saturated heterocycles. The summed E-state index contributed by atoms with van der Waals surface area (Å²) in [5.41, 5.74) is 0. The molecule has 0 aliphatic rings. The second-order valence-electron chi connectivity index (χ2n) is 2.53. The summed E-state index contributed by atoms with van der Waals surface area (Å²) in [6.45, 7) is 4.39. The Morgan fingerprint density at radius 2 is 1.70 bits per heavy atom. The zero-order valence-electron chi connectivity index (χ0n) is 7.27. The molecular weight excluding hydrogens is 120 g/mol. The van der Waals surface area contributed by atoms with Crippen molar-refractivity contribution in [2.45, 2.75) is 46.0 Å². The van der Waals surface area contributed by atoms with Gasteiger partial charge in [-0.05, 0) is 25.7 Å². The molecule has 1 radical (unpaired) electrons. The molecule has 0 N–H and O–H groups in total. The normalized spacial score (nSPS) is 11.0. The third-order valence-electron chi connectivity index (χ3n) is 1.43. The van der Waals surface area contributed by atoms with Crippen molar-refractivity contribution >= 4 is 0 Å². The van der Waals surface area contributed by atoms with E-state index < -0.39 is 0 Å². The Morgan fingerprint density at radius 1 is 0.900 bits per heavy atom. The number of hydrogen-bond acceptors (Lipinski definition) is 0. The summed E-state index contributed by atoms with van der Waals surface area (Å²) in [6.07, 6.45) is 13.1. The predicted molar refractivity (Wildman–Crippen MR) is 47.9 cm³/mol. The quantitative estimate of drug-likeness (QED) is 0.388.